The molecular formula is C11H19ClN2O. The third-order valence-electron chi connectivity index (χ3n) is 3.96. The monoisotopic (exact) mass is 230 g/mol. The third kappa shape index (κ3) is 2.00. The van der Waals surface area contributed by atoms with Crippen LogP contribution in [0.4, 0.5) is 0 Å². The molecule has 86 valence electrons. The Hall–Kier alpha value is -0.280. The molecule has 4 heteroatoms. The Morgan fingerprint density at radius 2 is 1.80 bits per heavy atom. The van der Waals surface area contributed by atoms with Crippen molar-refractivity contribution in [3.63, 3.8) is 0 Å². The van der Waals surface area contributed by atoms with Crippen LogP contribution in [0.25, 0.3) is 0 Å². The molecule has 0 atom stereocenters. The number of halogens is 1. The molecule has 15 heavy (non-hydrogen) atoms. The standard InChI is InChI=1S/C11H18N2O.ClH/c14-10(9-1-2-9)13-7-11(8-13)3-5-12-6-4-11;/h9,12H,1-8H2;1H. The van der Waals surface area contributed by atoms with Crippen molar-refractivity contribution >= 4 is 18.3 Å². The molecule has 3 aliphatic rings. The van der Waals surface area contributed by atoms with E-state index in [1.807, 2.05) is 0 Å². The van der Waals surface area contributed by atoms with Crippen LogP contribution in [0.15, 0.2) is 0 Å². The van der Waals surface area contributed by atoms with Crippen LogP contribution in [0.3, 0.4) is 0 Å². The number of hydrogen-bond donors (Lipinski definition) is 1. The SMILES string of the molecule is Cl.O=C(C1CC1)N1CC2(CCNCC2)C1. The molecular weight excluding hydrogens is 212 g/mol. The Labute approximate surface area is 97.0 Å². The second-order valence-corrected chi connectivity index (χ2v) is 5.22. The van der Waals surface area contributed by atoms with Crippen LogP contribution in [0, 0.1) is 11.3 Å². The fraction of sp³-hybridized carbons (Fsp3) is 0.909. The van der Waals surface area contributed by atoms with E-state index in [0.717, 1.165) is 39.0 Å². The van der Waals surface area contributed by atoms with Crippen molar-refractivity contribution in [2.75, 3.05) is 26.2 Å². The molecule has 0 unspecified atom stereocenters. The van der Waals surface area contributed by atoms with E-state index in [4.69, 9.17) is 0 Å². The highest BCUT2D eigenvalue weighted by Crippen LogP contribution is 2.41. The lowest BCUT2D eigenvalue weighted by atomic mass is 9.72. The van der Waals surface area contributed by atoms with Gasteiger partial charge in [0.25, 0.3) is 0 Å². The van der Waals surface area contributed by atoms with Gasteiger partial charge in [-0.3, -0.25) is 4.79 Å². The molecule has 0 aromatic rings. The van der Waals surface area contributed by atoms with Crippen molar-refractivity contribution in [3.8, 4) is 0 Å². The van der Waals surface area contributed by atoms with Gasteiger partial charge in [-0.05, 0) is 38.8 Å². The molecule has 0 radical (unpaired) electrons. The van der Waals surface area contributed by atoms with Crippen molar-refractivity contribution in [2.45, 2.75) is 25.7 Å². The van der Waals surface area contributed by atoms with Crippen LogP contribution in [-0.4, -0.2) is 37.0 Å². The molecule has 2 saturated heterocycles. The van der Waals surface area contributed by atoms with E-state index in [2.05, 4.69) is 10.2 Å². The van der Waals surface area contributed by atoms with E-state index in [0.29, 0.717) is 17.2 Å². The first-order valence-electron chi connectivity index (χ1n) is 5.79. The van der Waals surface area contributed by atoms with Gasteiger partial charge in [0.15, 0.2) is 0 Å². The molecule has 2 heterocycles. The summed E-state index contributed by atoms with van der Waals surface area (Å²) in [6, 6.07) is 0. The fourth-order valence-electron chi connectivity index (χ4n) is 2.78. The van der Waals surface area contributed by atoms with E-state index >= 15 is 0 Å². The number of nitrogens with zero attached hydrogens (tertiary/aromatic N) is 1. The van der Waals surface area contributed by atoms with Gasteiger partial charge in [-0.1, -0.05) is 0 Å². The second kappa shape index (κ2) is 3.95. The molecule has 1 N–H and O–H groups in total. The van der Waals surface area contributed by atoms with E-state index in [1.54, 1.807) is 0 Å². The minimum atomic E-state index is 0. The first-order chi connectivity index (χ1) is 6.79. The van der Waals surface area contributed by atoms with Gasteiger partial charge in [0.05, 0.1) is 0 Å². The Balaban J connectivity index is 0.000000853. The van der Waals surface area contributed by atoms with Crippen molar-refractivity contribution in [1.82, 2.24) is 10.2 Å². The second-order valence-electron chi connectivity index (χ2n) is 5.22. The van der Waals surface area contributed by atoms with Gasteiger partial charge >= 0.3 is 0 Å². The Bertz CT molecular complexity index is 251. The Kier molecular flexibility index (Phi) is 2.95. The predicted molar refractivity (Wildman–Crippen MR) is 61.1 cm³/mol. The maximum absolute atomic E-state index is 11.7. The summed E-state index contributed by atoms with van der Waals surface area (Å²) >= 11 is 0. The molecule has 1 saturated carbocycles. The van der Waals surface area contributed by atoms with Crippen LogP contribution in [-0.2, 0) is 4.79 Å². The van der Waals surface area contributed by atoms with Gasteiger partial charge < -0.3 is 10.2 Å². The number of hydrogen-bond acceptors (Lipinski definition) is 2. The summed E-state index contributed by atoms with van der Waals surface area (Å²) in [5.41, 5.74) is 0.510. The summed E-state index contributed by atoms with van der Waals surface area (Å²) in [6.45, 7) is 4.38. The van der Waals surface area contributed by atoms with E-state index in [-0.39, 0.29) is 12.4 Å². The van der Waals surface area contributed by atoms with Gasteiger partial charge in [-0.15, -0.1) is 12.4 Å². The van der Waals surface area contributed by atoms with E-state index in [1.165, 1.54) is 12.8 Å². The summed E-state index contributed by atoms with van der Waals surface area (Å²) in [4.78, 5) is 13.8. The molecule has 0 bridgehead atoms. The van der Waals surface area contributed by atoms with Crippen molar-refractivity contribution in [3.05, 3.63) is 0 Å². The van der Waals surface area contributed by atoms with Crippen LogP contribution >= 0.6 is 12.4 Å². The number of carbonyl (C=O) groups is 1. The zero-order valence-electron chi connectivity index (χ0n) is 9.00. The molecule has 0 aromatic carbocycles. The summed E-state index contributed by atoms with van der Waals surface area (Å²) in [7, 11) is 0. The summed E-state index contributed by atoms with van der Waals surface area (Å²) in [5, 5.41) is 3.38. The van der Waals surface area contributed by atoms with E-state index in [9.17, 15) is 4.79 Å². The van der Waals surface area contributed by atoms with Crippen LogP contribution < -0.4 is 5.32 Å². The average Bonchev–Trinajstić information content (AvgIpc) is 2.97. The van der Waals surface area contributed by atoms with Gasteiger partial charge in [-0.25, -0.2) is 0 Å². The van der Waals surface area contributed by atoms with Crippen molar-refractivity contribution in [2.24, 2.45) is 11.3 Å². The lowest BCUT2D eigenvalue weighted by Gasteiger charge is -2.52. The quantitative estimate of drug-likeness (QED) is 0.730. The molecule has 3 fully saturated rings. The molecule has 1 amide bonds. The lowest BCUT2D eigenvalue weighted by molar-refractivity contribution is -0.146. The highest BCUT2D eigenvalue weighted by atomic mass is 35.5. The van der Waals surface area contributed by atoms with Gasteiger partial charge in [0, 0.05) is 24.4 Å². The Morgan fingerprint density at radius 3 is 2.33 bits per heavy atom. The maximum Gasteiger partial charge on any atom is 0.225 e. The first kappa shape index (κ1) is 11.2. The van der Waals surface area contributed by atoms with Crippen molar-refractivity contribution in [1.29, 1.82) is 0 Å². The highest BCUT2D eigenvalue weighted by molar-refractivity contribution is 5.85. The molecule has 0 aromatic heterocycles. The highest BCUT2D eigenvalue weighted by Gasteiger charge is 2.47. The first-order valence-corrected chi connectivity index (χ1v) is 5.79. The summed E-state index contributed by atoms with van der Waals surface area (Å²) in [6.07, 6.45) is 4.82. The number of piperidine rings is 1. The predicted octanol–water partition coefficient (Wildman–Crippen LogP) is 1.03. The number of nitrogens with one attached hydrogen (secondary N) is 1. The topological polar surface area (TPSA) is 32.3 Å². The van der Waals surface area contributed by atoms with Crippen molar-refractivity contribution < 1.29 is 4.79 Å². The van der Waals surface area contributed by atoms with E-state index < -0.39 is 0 Å². The third-order valence-corrected chi connectivity index (χ3v) is 3.96. The summed E-state index contributed by atoms with van der Waals surface area (Å²) in [5.74, 6) is 0.850. The molecule has 3 nitrogen and oxygen atoms in total. The zero-order chi connectivity index (χ0) is 9.60. The fourth-order valence-corrected chi connectivity index (χ4v) is 2.78. The van der Waals surface area contributed by atoms with Gasteiger partial charge in [-0.2, -0.15) is 0 Å². The molecule has 1 spiro atoms. The lowest BCUT2D eigenvalue weighted by Crippen LogP contribution is -2.61. The minimum absolute atomic E-state index is 0. The van der Waals surface area contributed by atoms with Crippen LogP contribution in [0.2, 0.25) is 0 Å². The van der Waals surface area contributed by atoms with Crippen LogP contribution in [0.1, 0.15) is 25.7 Å². The Morgan fingerprint density at radius 1 is 1.20 bits per heavy atom. The smallest absolute Gasteiger partial charge is 0.225 e. The average molecular weight is 231 g/mol. The molecule has 2 aliphatic heterocycles. The van der Waals surface area contributed by atoms with Gasteiger partial charge in [0.1, 0.15) is 0 Å². The largest absolute Gasteiger partial charge is 0.341 e. The zero-order valence-corrected chi connectivity index (χ0v) is 9.81. The molecule has 3 rings (SSSR count). The van der Waals surface area contributed by atoms with Crippen LogP contribution in [0.5, 0.6) is 0 Å². The molecule has 1 aliphatic carbocycles. The summed E-state index contributed by atoms with van der Waals surface area (Å²) < 4.78 is 0. The number of carbonyl (C=O) groups excluding carboxylic acids is 1. The maximum atomic E-state index is 11.7. The number of likely N-dealkylation sites (tertiary alicyclic amines) is 1. The number of rotatable bonds is 1. The minimum Gasteiger partial charge on any atom is -0.341 e. The normalized spacial score (nSPS) is 28.1. The van der Waals surface area contributed by atoms with Gasteiger partial charge in [0.2, 0.25) is 5.91 Å². The number of amides is 1.